The molecule has 0 saturated carbocycles. The summed E-state index contributed by atoms with van der Waals surface area (Å²) in [5, 5.41) is 7.97. The van der Waals surface area contributed by atoms with Gasteiger partial charge in [0.2, 0.25) is 0 Å². The van der Waals surface area contributed by atoms with E-state index < -0.39 is 0 Å². The lowest BCUT2D eigenvalue weighted by Gasteiger charge is -2.13. The van der Waals surface area contributed by atoms with Gasteiger partial charge in [0.15, 0.2) is 0 Å². The van der Waals surface area contributed by atoms with Crippen LogP contribution in [0.4, 0.5) is 5.69 Å². The molecule has 0 spiro atoms. The molecule has 3 rings (SSSR count). The summed E-state index contributed by atoms with van der Waals surface area (Å²) in [4.78, 5) is 2.72. The van der Waals surface area contributed by atoms with Crippen LogP contribution in [0.3, 0.4) is 0 Å². The van der Waals surface area contributed by atoms with Crippen LogP contribution in [0.15, 0.2) is 41.1 Å². The summed E-state index contributed by atoms with van der Waals surface area (Å²) in [5.41, 5.74) is 6.58. The van der Waals surface area contributed by atoms with Gasteiger partial charge < -0.3 is 5.32 Å². The lowest BCUT2D eigenvalue weighted by atomic mass is 10.1. The molecule has 0 saturated heterocycles. The molecule has 1 aromatic carbocycles. The molecule has 108 valence electrons. The third kappa shape index (κ3) is 3.20. The molecule has 0 atom stereocenters. The van der Waals surface area contributed by atoms with Gasteiger partial charge in [0.25, 0.3) is 0 Å². The number of rotatable bonds is 4. The number of thiophene rings is 2. The predicted octanol–water partition coefficient (Wildman–Crippen LogP) is 6.01. The first-order valence-corrected chi connectivity index (χ1v) is 8.82. The Hall–Kier alpha value is -1.58. The largest absolute Gasteiger partial charge is 0.380 e. The van der Waals surface area contributed by atoms with Crippen LogP contribution in [-0.4, -0.2) is 0 Å². The number of aryl methyl sites for hydroxylation is 3. The topological polar surface area (TPSA) is 12.0 Å². The smallest absolute Gasteiger partial charge is 0.0494 e. The molecule has 1 N–H and O–H groups in total. The quantitative estimate of drug-likeness (QED) is 0.621. The Morgan fingerprint density at radius 2 is 1.76 bits per heavy atom. The van der Waals surface area contributed by atoms with Crippen molar-refractivity contribution in [3.8, 4) is 10.4 Å². The van der Waals surface area contributed by atoms with Crippen molar-refractivity contribution in [2.24, 2.45) is 0 Å². The normalized spacial score (nSPS) is 10.8. The van der Waals surface area contributed by atoms with E-state index in [4.69, 9.17) is 0 Å². The Kier molecular flexibility index (Phi) is 4.13. The molecular formula is C18H19NS2. The van der Waals surface area contributed by atoms with Gasteiger partial charge in [0.1, 0.15) is 0 Å². The lowest BCUT2D eigenvalue weighted by molar-refractivity contribution is 1.16. The van der Waals surface area contributed by atoms with Gasteiger partial charge >= 0.3 is 0 Å². The van der Waals surface area contributed by atoms with Crippen molar-refractivity contribution in [3.63, 3.8) is 0 Å². The van der Waals surface area contributed by atoms with E-state index in [2.05, 4.69) is 67.2 Å². The molecule has 2 heterocycles. The van der Waals surface area contributed by atoms with Crippen LogP contribution in [-0.2, 0) is 6.54 Å². The van der Waals surface area contributed by atoms with Gasteiger partial charge in [-0.15, -0.1) is 22.7 Å². The summed E-state index contributed by atoms with van der Waals surface area (Å²) in [6.45, 7) is 7.39. The van der Waals surface area contributed by atoms with E-state index in [-0.39, 0.29) is 0 Å². The highest BCUT2D eigenvalue weighted by Crippen LogP contribution is 2.30. The molecule has 0 bridgehead atoms. The minimum absolute atomic E-state index is 0.890. The molecule has 0 fully saturated rings. The standard InChI is InChI=1S/C18H19NS2/c1-12-7-13(2)18(14(3)8-12)19-10-16-9-15(11-21-16)17-5-4-6-20-17/h4-9,11,19H,10H2,1-3H3. The Balaban J connectivity index is 1.74. The van der Waals surface area contributed by atoms with Crippen molar-refractivity contribution in [2.45, 2.75) is 27.3 Å². The number of anilines is 1. The third-order valence-electron chi connectivity index (χ3n) is 3.58. The van der Waals surface area contributed by atoms with E-state index in [1.165, 1.54) is 37.7 Å². The summed E-state index contributed by atoms with van der Waals surface area (Å²) in [7, 11) is 0. The maximum atomic E-state index is 3.60. The van der Waals surface area contributed by atoms with Crippen molar-refractivity contribution < 1.29 is 0 Å². The third-order valence-corrected chi connectivity index (χ3v) is 5.43. The minimum Gasteiger partial charge on any atom is -0.380 e. The van der Waals surface area contributed by atoms with Crippen molar-refractivity contribution in [2.75, 3.05) is 5.32 Å². The molecule has 0 aliphatic rings. The molecular weight excluding hydrogens is 294 g/mol. The minimum atomic E-state index is 0.890. The monoisotopic (exact) mass is 313 g/mol. The van der Waals surface area contributed by atoms with Crippen LogP contribution >= 0.6 is 22.7 Å². The van der Waals surface area contributed by atoms with E-state index in [1.54, 1.807) is 11.3 Å². The summed E-state index contributed by atoms with van der Waals surface area (Å²) in [5.74, 6) is 0. The zero-order valence-corrected chi connectivity index (χ0v) is 14.2. The maximum absolute atomic E-state index is 3.60. The average Bonchev–Trinajstić information content (AvgIpc) is 3.08. The Labute approximate surface area is 134 Å². The molecule has 0 aliphatic carbocycles. The van der Waals surface area contributed by atoms with E-state index in [0.717, 1.165) is 6.54 Å². The van der Waals surface area contributed by atoms with Crippen LogP contribution < -0.4 is 5.32 Å². The van der Waals surface area contributed by atoms with Gasteiger partial charge in [-0.05, 0) is 54.8 Å². The van der Waals surface area contributed by atoms with E-state index >= 15 is 0 Å². The highest BCUT2D eigenvalue weighted by molar-refractivity contribution is 7.14. The molecule has 0 unspecified atom stereocenters. The fourth-order valence-corrected chi connectivity index (χ4v) is 4.29. The second-order valence-electron chi connectivity index (χ2n) is 5.41. The molecule has 3 aromatic rings. The first-order valence-electron chi connectivity index (χ1n) is 7.06. The van der Waals surface area contributed by atoms with Crippen LogP contribution in [0.1, 0.15) is 21.6 Å². The fourth-order valence-electron chi connectivity index (χ4n) is 2.68. The first kappa shape index (κ1) is 14.4. The van der Waals surface area contributed by atoms with E-state index in [9.17, 15) is 0 Å². The van der Waals surface area contributed by atoms with Crippen LogP contribution in [0.5, 0.6) is 0 Å². The van der Waals surface area contributed by atoms with E-state index in [0.29, 0.717) is 0 Å². The average molecular weight is 313 g/mol. The maximum Gasteiger partial charge on any atom is 0.0494 e. The second kappa shape index (κ2) is 6.04. The van der Waals surface area contributed by atoms with Crippen molar-refractivity contribution >= 4 is 28.4 Å². The summed E-state index contributed by atoms with van der Waals surface area (Å²) in [6.07, 6.45) is 0. The van der Waals surface area contributed by atoms with Crippen LogP contribution in [0.2, 0.25) is 0 Å². The van der Waals surface area contributed by atoms with Gasteiger partial charge in [-0.3, -0.25) is 0 Å². The van der Waals surface area contributed by atoms with E-state index in [1.807, 2.05) is 11.3 Å². The Bertz CT molecular complexity index is 715. The Morgan fingerprint density at radius 3 is 2.43 bits per heavy atom. The van der Waals surface area contributed by atoms with Crippen molar-refractivity contribution in [1.82, 2.24) is 0 Å². The molecule has 1 nitrogen and oxygen atoms in total. The van der Waals surface area contributed by atoms with Crippen molar-refractivity contribution in [1.29, 1.82) is 0 Å². The number of nitrogens with one attached hydrogen (secondary N) is 1. The molecule has 0 radical (unpaired) electrons. The molecule has 0 amide bonds. The number of hydrogen-bond acceptors (Lipinski definition) is 3. The summed E-state index contributed by atoms with van der Waals surface area (Å²) >= 11 is 3.62. The molecule has 21 heavy (non-hydrogen) atoms. The van der Waals surface area contributed by atoms with Crippen LogP contribution in [0.25, 0.3) is 10.4 Å². The lowest BCUT2D eigenvalue weighted by Crippen LogP contribution is -2.02. The number of benzene rings is 1. The van der Waals surface area contributed by atoms with Gasteiger partial charge in [0.05, 0.1) is 0 Å². The molecule has 2 aromatic heterocycles. The fraction of sp³-hybridized carbons (Fsp3) is 0.222. The van der Waals surface area contributed by atoms with Crippen molar-refractivity contribution in [3.05, 3.63) is 62.7 Å². The summed E-state index contributed by atoms with van der Waals surface area (Å²) in [6, 6.07) is 11.1. The molecule has 0 aliphatic heterocycles. The summed E-state index contributed by atoms with van der Waals surface area (Å²) < 4.78 is 0. The Morgan fingerprint density at radius 1 is 1.00 bits per heavy atom. The second-order valence-corrected chi connectivity index (χ2v) is 7.35. The molecule has 3 heteroatoms. The SMILES string of the molecule is Cc1cc(C)c(NCc2cc(-c3cccs3)cs2)c(C)c1. The van der Waals surface area contributed by atoms with Crippen LogP contribution in [0, 0.1) is 20.8 Å². The zero-order valence-electron chi connectivity index (χ0n) is 12.6. The van der Waals surface area contributed by atoms with Gasteiger partial charge in [-0.1, -0.05) is 23.8 Å². The number of hydrogen-bond donors (Lipinski definition) is 1. The van der Waals surface area contributed by atoms with Gasteiger partial charge in [-0.25, -0.2) is 0 Å². The highest BCUT2D eigenvalue weighted by atomic mass is 32.1. The van der Waals surface area contributed by atoms with Gasteiger partial charge in [-0.2, -0.15) is 0 Å². The predicted molar refractivity (Wildman–Crippen MR) is 95.6 cm³/mol. The zero-order chi connectivity index (χ0) is 14.8. The van der Waals surface area contributed by atoms with Gasteiger partial charge in [0, 0.05) is 27.5 Å². The highest BCUT2D eigenvalue weighted by Gasteiger charge is 2.06. The first-order chi connectivity index (χ1) is 10.1.